The van der Waals surface area contributed by atoms with Gasteiger partial charge < -0.3 is 0 Å². The van der Waals surface area contributed by atoms with Gasteiger partial charge in [0.1, 0.15) is 5.65 Å². The molecule has 2 aromatic heterocycles. The summed E-state index contributed by atoms with van der Waals surface area (Å²) in [4.78, 5) is 4.78. The van der Waals surface area contributed by atoms with Gasteiger partial charge in [-0.1, -0.05) is 49.7 Å². The largest absolute Gasteiger partial charge is 0.295 e. The SMILES string of the molecule is Cc1cc2c3c(c1)c1ccccc1c1ncc(n13)C(C)(C)C2. The van der Waals surface area contributed by atoms with Crippen molar-refractivity contribution in [3.63, 3.8) is 0 Å². The van der Waals surface area contributed by atoms with E-state index in [9.17, 15) is 0 Å². The van der Waals surface area contributed by atoms with Gasteiger partial charge in [0.25, 0.3) is 0 Å². The molecule has 0 amide bonds. The number of hydrogen-bond acceptors (Lipinski definition) is 1. The van der Waals surface area contributed by atoms with Gasteiger partial charge in [0.15, 0.2) is 0 Å². The van der Waals surface area contributed by atoms with E-state index < -0.39 is 0 Å². The van der Waals surface area contributed by atoms with Gasteiger partial charge in [0.05, 0.1) is 5.52 Å². The van der Waals surface area contributed by atoms with Crippen LogP contribution in [0.1, 0.15) is 30.7 Å². The van der Waals surface area contributed by atoms with E-state index in [1.54, 1.807) is 0 Å². The topological polar surface area (TPSA) is 17.3 Å². The maximum atomic E-state index is 4.78. The Hall–Kier alpha value is -2.35. The number of pyridine rings is 1. The lowest BCUT2D eigenvalue weighted by Gasteiger charge is -2.31. The van der Waals surface area contributed by atoms with Crippen LogP contribution in [0.4, 0.5) is 0 Å². The molecule has 22 heavy (non-hydrogen) atoms. The lowest BCUT2D eigenvalue weighted by atomic mass is 9.79. The van der Waals surface area contributed by atoms with E-state index in [0.29, 0.717) is 0 Å². The molecule has 0 fully saturated rings. The van der Waals surface area contributed by atoms with E-state index in [1.165, 1.54) is 38.5 Å². The molecule has 2 aromatic carbocycles. The number of benzene rings is 2. The Morgan fingerprint density at radius 3 is 2.64 bits per heavy atom. The van der Waals surface area contributed by atoms with E-state index >= 15 is 0 Å². The van der Waals surface area contributed by atoms with Crippen molar-refractivity contribution in [3.05, 3.63) is 59.4 Å². The fourth-order valence-corrected chi connectivity index (χ4v) is 4.18. The van der Waals surface area contributed by atoms with Crippen molar-refractivity contribution in [1.82, 2.24) is 9.38 Å². The summed E-state index contributed by atoms with van der Waals surface area (Å²) in [6.07, 6.45) is 3.15. The highest BCUT2D eigenvalue weighted by Crippen LogP contribution is 2.41. The van der Waals surface area contributed by atoms with Crippen molar-refractivity contribution in [2.24, 2.45) is 0 Å². The minimum atomic E-state index is 0.121. The van der Waals surface area contributed by atoms with Gasteiger partial charge >= 0.3 is 0 Å². The predicted octanol–water partition coefficient (Wildman–Crippen LogP) is 4.78. The van der Waals surface area contributed by atoms with Crippen LogP contribution in [-0.4, -0.2) is 9.38 Å². The fourth-order valence-electron chi connectivity index (χ4n) is 4.18. The van der Waals surface area contributed by atoms with E-state index in [-0.39, 0.29) is 5.41 Å². The van der Waals surface area contributed by atoms with Crippen molar-refractivity contribution >= 4 is 27.3 Å². The molecule has 5 rings (SSSR count). The number of rotatable bonds is 0. The summed E-state index contributed by atoms with van der Waals surface area (Å²) in [5, 5.41) is 3.91. The van der Waals surface area contributed by atoms with Crippen molar-refractivity contribution in [2.75, 3.05) is 0 Å². The molecule has 2 nitrogen and oxygen atoms in total. The monoisotopic (exact) mass is 286 g/mol. The van der Waals surface area contributed by atoms with Gasteiger partial charge in [-0.15, -0.1) is 0 Å². The average molecular weight is 286 g/mol. The Labute approximate surface area is 129 Å². The average Bonchev–Trinajstić information content (AvgIpc) is 2.92. The third-order valence-electron chi connectivity index (χ3n) is 5.10. The van der Waals surface area contributed by atoms with Crippen LogP contribution in [0, 0.1) is 6.92 Å². The Kier molecular flexibility index (Phi) is 2.05. The second-order valence-corrected chi connectivity index (χ2v) is 7.23. The third kappa shape index (κ3) is 1.33. The summed E-state index contributed by atoms with van der Waals surface area (Å²) in [5.74, 6) is 0. The van der Waals surface area contributed by atoms with Crippen LogP contribution in [0.3, 0.4) is 0 Å². The van der Waals surface area contributed by atoms with Crippen LogP contribution in [-0.2, 0) is 11.8 Å². The minimum absolute atomic E-state index is 0.121. The van der Waals surface area contributed by atoms with Crippen LogP contribution in [0.5, 0.6) is 0 Å². The highest BCUT2D eigenvalue weighted by Gasteiger charge is 2.32. The molecule has 0 atom stereocenters. The molecule has 0 saturated carbocycles. The van der Waals surface area contributed by atoms with E-state index in [0.717, 1.165) is 12.1 Å². The molecule has 108 valence electrons. The second-order valence-electron chi connectivity index (χ2n) is 7.23. The molecule has 0 aliphatic carbocycles. The van der Waals surface area contributed by atoms with E-state index in [4.69, 9.17) is 4.98 Å². The lowest BCUT2D eigenvalue weighted by Crippen LogP contribution is -2.27. The number of fused-ring (bicyclic) bond motifs is 3. The molecule has 1 aliphatic heterocycles. The van der Waals surface area contributed by atoms with Crippen molar-refractivity contribution < 1.29 is 0 Å². The molecule has 0 unspecified atom stereocenters. The highest BCUT2D eigenvalue weighted by molar-refractivity contribution is 6.13. The first-order valence-electron chi connectivity index (χ1n) is 7.88. The van der Waals surface area contributed by atoms with Crippen LogP contribution in [0.15, 0.2) is 42.6 Å². The first-order chi connectivity index (χ1) is 10.6. The van der Waals surface area contributed by atoms with Crippen molar-refractivity contribution in [2.45, 2.75) is 32.6 Å². The molecular formula is C20H18N2. The van der Waals surface area contributed by atoms with Crippen molar-refractivity contribution in [3.8, 4) is 0 Å². The van der Waals surface area contributed by atoms with Gasteiger partial charge in [-0.25, -0.2) is 4.98 Å². The second kappa shape index (κ2) is 3.70. The van der Waals surface area contributed by atoms with Gasteiger partial charge in [-0.05, 0) is 30.4 Å². The van der Waals surface area contributed by atoms with Crippen LogP contribution >= 0.6 is 0 Å². The molecule has 2 heteroatoms. The van der Waals surface area contributed by atoms with E-state index in [1.807, 2.05) is 0 Å². The maximum Gasteiger partial charge on any atom is 0.145 e. The lowest BCUT2D eigenvalue weighted by molar-refractivity contribution is 0.494. The molecule has 1 aliphatic rings. The van der Waals surface area contributed by atoms with Gasteiger partial charge in [0.2, 0.25) is 0 Å². The summed E-state index contributed by atoms with van der Waals surface area (Å²) in [7, 11) is 0. The normalized spacial score (nSPS) is 16.1. The van der Waals surface area contributed by atoms with Crippen molar-refractivity contribution in [1.29, 1.82) is 0 Å². The van der Waals surface area contributed by atoms with Crippen LogP contribution in [0.2, 0.25) is 0 Å². The summed E-state index contributed by atoms with van der Waals surface area (Å²) in [6.45, 7) is 6.84. The molecule has 0 bridgehead atoms. The molecule has 0 N–H and O–H groups in total. The number of aryl methyl sites for hydroxylation is 1. The maximum absolute atomic E-state index is 4.78. The summed E-state index contributed by atoms with van der Waals surface area (Å²) < 4.78 is 2.40. The smallest absolute Gasteiger partial charge is 0.145 e. The predicted molar refractivity (Wildman–Crippen MR) is 91.7 cm³/mol. The highest BCUT2D eigenvalue weighted by atomic mass is 15.0. The molecule has 0 radical (unpaired) electrons. The number of aromatic nitrogens is 2. The molecule has 0 spiro atoms. The summed E-state index contributed by atoms with van der Waals surface area (Å²) in [6, 6.07) is 13.3. The van der Waals surface area contributed by atoms with Gasteiger partial charge in [-0.3, -0.25) is 4.40 Å². The van der Waals surface area contributed by atoms with Crippen LogP contribution < -0.4 is 0 Å². The molecular weight excluding hydrogens is 268 g/mol. The fraction of sp³-hybridized carbons (Fsp3) is 0.250. The van der Waals surface area contributed by atoms with Gasteiger partial charge in [-0.2, -0.15) is 0 Å². The zero-order valence-corrected chi connectivity index (χ0v) is 13.1. The quantitative estimate of drug-likeness (QED) is 0.425. The Balaban J connectivity index is 2.21. The number of nitrogens with zero attached hydrogens (tertiary/aromatic N) is 2. The molecule has 3 heterocycles. The summed E-state index contributed by atoms with van der Waals surface area (Å²) >= 11 is 0. The Bertz CT molecular complexity index is 1080. The number of hydrogen-bond donors (Lipinski definition) is 0. The van der Waals surface area contributed by atoms with E-state index in [2.05, 4.69) is 67.8 Å². The Morgan fingerprint density at radius 1 is 1.05 bits per heavy atom. The van der Waals surface area contributed by atoms with Gasteiger partial charge in [0, 0.05) is 28.1 Å². The molecule has 0 saturated heterocycles. The minimum Gasteiger partial charge on any atom is -0.295 e. The summed E-state index contributed by atoms with van der Waals surface area (Å²) in [5.41, 5.74) is 6.68. The standard InChI is InChI=1S/C20H18N2/c1-12-8-13-10-20(2,3)17-11-21-19-15-7-5-4-6-14(15)16(9-12)18(13)22(17)19/h4-9,11H,10H2,1-3H3. The number of imidazole rings is 1. The Morgan fingerprint density at radius 2 is 1.82 bits per heavy atom. The van der Waals surface area contributed by atoms with Crippen LogP contribution in [0.25, 0.3) is 27.3 Å². The zero-order valence-electron chi connectivity index (χ0n) is 13.1. The zero-order chi connectivity index (χ0) is 15.1. The third-order valence-corrected chi connectivity index (χ3v) is 5.10. The first-order valence-corrected chi connectivity index (χ1v) is 7.88. The first kappa shape index (κ1) is 12.2. The molecule has 4 aromatic rings.